The second kappa shape index (κ2) is 6.33. The van der Waals surface area contributed by atoms with Gasteiger partial charge in [0.05, 0.1) is 5.54 Å². The van der Waals surface area contributed by atoms with Gasteiger partial charge >= 0.3 is 0 Å². The first-order valence-electron chi connectivity index (χ1n) is 6.83. The van der Waals surface area contributed by atoms with Crippen LogP contribution in [0.4, 0.5) is 8.78 Å². The van der Waals surface area contributed by atoms with Crippen LogP contribution in [0.25, 0.3) is 0 Å². The van der Waals surface area contributed by atoms with Gasteiger partial charge in [-0.2, -0.15) is 0 Å². The highest BCUT2D eigenvalue weighted by Crippen LogP contribution is 2.24. The fourth-order valence-corrected chi connectivity index (χ4v) is 2.56. The van der Waals surface area contributed by atoms with Gasteiger partial charge in [-0.05, 0) is 55.9 Å². The molecule has 0 fully saturated rings. The summed E-state index contributed by atoms with van der Waals surface area (Å²) in [5.74, 6) is -0.552. The molecule has 0 aliphatic carbocycles. The molecular weight excluding hydrogens is 270 g/mol. The van der Waals surface area contributed by atoms with E-state index in [0.29, 0.717) is 13.0 Å². The van der Waals surface area contributed by atoms with Crippen molar-refractivity contribution in [1.29, 1.82) is 0 Å². The molecule has 0 aliphatic rings. The minimum absolute atomic E-state index is 0.268. The van der Waals surface area contributed by atoms with E-state index in [4.69, 9.17) is 5.73 Å². The zero-order chi connectivity index (χ0) is 15.5. The van der Waals surface area contributed by atoms with Gasteiger partial charge in [0.1, 0.15) is 11.6 Å². The smallest absolute Gasteiger partial charge is 0.123 e. The van der Waals surface area contributed by atoms with Crippen LogP contribution in [0.3, 0.4) is 0 Å². The molecule has 0 heterocycles. The zero-order valence-corrected chi connectivity index (χ0v) is 12.3. The van der Waals surface area contributed by atoms with Gasteiger partial charge in [0.15, 0.2) is 0 Å². The molecule has 0 saturated heterocycles. The maximum atomic E-state index is 13.1. The second-order valence-corrected chi connectivity index (χ2v) is 5.70. The van der Waals surface area contributed by atoms with Gasteiger partial charge in [-0.1, -0.05) is 24.3 Å². The Balaban J connectivity index is 2.32. The fourth-order valence-electron chi connectivity index (χ4n) is 2.56. The van der Waals surface area contributed by atoms with Crippen molar-refractivity contribution in [2.45, 2.75) is 12.0 Å². The van der Waals surface area contributed by atoms with E-state index >= 15 is 0 Å². The summed E-state index contributed by atoms with van der Waals surface area (Å²) in [5, 5.41) is 0. The molecule has 0 amide bonds. The van der Waals surface area contributed by atoms with Crippen molar-refractivity contribution in [2.75, 3.05) is 20.6 Å². The van der Waals surface area contributed by atoms with Crippen LogP contribution in [-0.4, -0.2) is 25.5 Å². The second-order valence-electron chi connectivity index (χ2n) is 5.70. The minimum atomic E-state index is -0.658. The van der Waals surface area contributed by atoms with E-state index in [0.717, 1.165) is 11.1 Å². The highest BCUT2D eigenvalue weighted by Gasteiger charge is 2.28. The average Bonchev–Trinajstić information content (AvgIpc) is 2.41. The summed E-state index contributed by atoms with van der Waals surface area (Å²) in [6.07, 6.45) is 0.553. The van der Waals surface area contributed by atoms with Crippen molar-refractivity contribution in [3.8, 4) is 0 Å². The Kier molecular flexibility index (Phi) is 4.70. The molecule has 2 rings (SSSR count). The van der Waals surface area contributed by atoms with E-state index in [1.165, 1.54) is 24.3 Å². The zero-order valence-electron chi connectivity index (χ0n) is 12.3. The molecule has 2 aromatic carbocycles. The molecular formula is C17H20F2N2. The molecule has 0 spiro atoms. The molecule has 0 aromatic heterocycles. The third kappa shape index (κ3) is 4.09. The van der Waals surface area contributed by atoms with E-state index in [1.54, 1.807) is 24.3 Å². The molecule has 0 aliphatic heterocycles. The normalized spacial score (nSPS) is 14.2. The van der Waals surface area contributed by atoms with Crippen molar-refractivity contribution in [3.63, 3.8) is 0 Å². The first-order valence-corrected chi connectivity index (χ1v) is 6.83. The van der Waals surface area contributed by atoms with Crippen LogP contribution < -0.4 is 5.73 Å². The third-order valence-corrected chi connectivity index (χ3v) is 3.45. The molecule has 2 nitrogen and oxygen atoms in total. The number of hydrogen-bond acceptors (Lipinski definition) is 2. The average molecular weight is 290 g/mol. The number of likely N-dealkylation sites (N-methyl/N-ethyl adjacent to an activating group) is 1. The molecule has 112 valence electrons. The number of rotatable bonds is 5. The maximum absolute atomic E-state index is 13.1. The van der Waals surface area contributed by atoms with Gasteiger partial charge in [-0.25, -0.2) is 8.78 Å². The predicted molar refractivity (Wildman–Crippen MR) is 80.9 cm³/mol. The monoisotopic (exact) mass is 290 g/mol. The molecule has 2 aromatic rings. The van der Waals surface area contributed by atoms with Gasteiger partial charge in [-0.15, -0.1) is 0 Å². The van der Waals surface area contributed by atoms with Gasteiger partial charge < -0.3 is 10.6 Å². The van der Waals surface area contributed by atoms with Crippen LogP contribution in [0.5, 0.6) is 0 Å². The molecule has 0 bridgehead atoms. The van der Waals surface area contributed by atoms with Crippen LogP contribution in [0.15, 0.2) is 48.5 Å². The topological polar surface area (TPSA) is 29.3 Å². The Morgan fingerprint density at radius 1 is 0.905 bits per heavy atom. The van der Waals surface area contributed by atoms with Crippen LogP contribution in [0.1, 0.15) is 11.1 Å². The summed E-state index contributed by atoms with van der Waals surface area (Å²) in [7, 11) is 3.88. The predicted octanol–water partition coefficient (Wildman–Crippen LogP) is 2.92. The highest BCUT2D eigenvalue weighted by atomic mass is 19.1. The first kappa shape index (κ1) is 15.6. The molecule has 2 N–H and O–H groups in total. The summed E-state index contributed by atoms with van der Waals surface area (Å²) in [6.45, 7) is 0.607. The van der Waals surface area contributed by atoms with E-state index in [2.05, 4.69) is 0 Å². The fraction of sp³-hybridized carbons (Fsp3) is 0.294. The Hall–Kier alpha value is -1.78. The highest BCUT2D eigenvalue weighted by molar-refractivity contribution is 5.29. The quantitative estimate of drug-likeness (QED) is 0.917. The van der Waals surface area contributed by atoms with E-state index < -0.39 is 5.54 Å². The summed E-state index contributed by atoms with van der Waals surface area (Å²) >= 11 is 0. The van der Waals surface area contributed by atoms with Crippen LogP contribution in [0.2, 0.25) is 0 Å². The third-order valence-electron chi connectivity index (χ3n) is 3.45. The maximum Gasteiger partial charge on any atom is 0.123 e. The van der Waals surface area contributed by atoms with Crippen molar-refractivity contribution in [1.82, 2.24) is 4.90 Å². The SMILES string of the molecule is CN(C)CC(N)(Cc1ccc(F)cc1)c1ccc(F)cc1. The standard InChI is InChI=1S/C17H20F2N2/c1-21(2)12-17(20,14-5-9-16(19)10-6-14)11-13-3-7-15(18)8-4-13/h3-10H,11-12,20H2,1-2H3. The lowest BCUT2D eigenvalue weighted by atomic mass is 9.84. The summed E-state index contributed by atoms with van der Waals surface area (Å²) < 4.78 is 26.1. The molecule has 0 radical (unpaired) electrons. The van der Waals surface area contributed by atoms with E-state index in [-0.39, 0.29) is 11.6 Å². The Labute approximate surface area is 124 Å². The van der Waals surface area contributed by atoms with Crippen molar-refractivity contribution < 1.29 is 8.78 Å². The number of nitrogens with zero attached hydrogens (tertiary/aromatic N) is 1. The minimum Gasteiger partial charge on any atom is -0.320 e. The molecule has 1 atom stereocenters. The number of hydrogen-bond donors (Lipinski definition) is 1. The molecule has 21 heavy (non-hydrogen) atoms. The number of halogens is 2. The Morgan fingerprint density at radius 2 is 1.38 bits per heavy atom. The number of nitrogens with two attached hydrogens (primary N) is 1. The lowest BCUT2D eigenvalue weighted by Crippen LogP contribution is -2.47. The van der Waals surface area contributed by atoms with Crippen LogP contribution in [0, 0.1) is 11.6 Å². The van der Waals surface area contributed by atoms with Crippen LogP contribution >= 0.6 is 0 Å². The largest absolute Gasteiger partial charge is 0.320 e. The van der Waals surface area contributed by atoms with Crippen molar-refractivity contribution >= 4 is 0 Å². The van der Waals surface area contributed by atoms with Gasteiger partial charge in [0.2, 0.25) is 0 Å². The molecule has 4 heteroatoms. The van der Waals surface area contributed by atoms with Crippen molar-refractivity contribution in [3.05, 3.63) is 71.3 Å². The van der Waals surface area contributed by atoms with E-state index in [1.807, 2.05) is 19.0 Å². The first-order chi connectivity index (χ1) is 9.89. The Morgan fingerprint density at radius 3 is 1.86 bits per heavy atom. The summed E-state index contributed by atoms with van der Waals surface area (Å²) in [4.78, 5) is 1.99. The number of benzene rings is 2. The van der Waals surface area contributed by atoms with Gasteiger partial charge in [0, 0.05) is 6.54 Å². The van der Waals surface area contributed by atoms with Crippen molar-refractivity contribution in [2.24, 2.45) is 5.73 Å². The Bertz CT molecular complexity index is 579. The lowest BCUT2D eigenvalue weighted by Gasteiger charge is -2.33. The lowest BCUT2D eigenvalue weighted by molar-refractivity contribution is 0.283. The summed E-state index contributed by atoms with van der Waals surface area (Å²) in [5.41, 5.74) is 7.74. The van der Waals surface area contributed by atoms with Gasteiger partial charge in [-0.3, -0.25) is 0 Å². The molecule has 1 unspecified atom stereocenters. The van der Waals surface area contributed by atoms with E-state index in [9.17, 15) is 8.78 Å². The van der Waals surface area contributed by atoms with Gasteiger partial charge in [0.25, 0.3) is 0 Å². The summed E-state index contributed by atoms with van der Waals surface area (Å²) in [6, 6.07) is 12.6. The molecule has 0 saturated carbocycles. The van der Waals surface area contributed by atoms with Crippen LogP contribution in [-0.2, 0) is 12.0 Å².